The van der Waals surface area contributed by atoms with Gasteiger partial charge in [-0.15, -0.1) is 0 Å². The molecule has 0 saturated carbocycles. The van der Waals surface area contributed by atoms with Crippen molar-refractivity contribution in [2.75, 3.05) is 6.61 Å². The van der Waals surface area contributed by atoms with Gasteiger partial charge in [0.15, 0.2) is 0 Å². The summed E-state index contributed by atoms with van der Waals surface area (Å²) in [6.07, 6.45) is 0. The Labute approximate surface area is 88.6 Å². The minimum atomic E-state index is -0.381. The molecular formula is C11H15NO3. The summed E-state index contributed by atoms with van der Waals surface area (Å²) in [5.74, 6) is -0.424. The maximum atomic E-state index is 11.6. The standard InChI is InChI=1S/C11H15NO3/c1-7-3-4-9(10(14)5-7)11(15)12-8(2)6-13/h3-5,8,13-14H,6H2,1-2H3,(H,12,15)/t8-/m1/s1. The van der Waals surface area contributed by atoms with Gasteiger partial charge < -0.3 is 15.5 Å². The second-order valence-corrected chi connectivity index (χ2v) is 3.58. The van der Waals surface area contributed by atoms with Gasteiger partial charge >= 0.3 is 0 Å². The number of carbonyl (C=O) groups is 1. The van der Waals surface area contributed by atoms with E-state index in [2.05, 4.69) is 5.32 Å². The zero-order chi connectivity index (χ0) is 11.4. The van der Waals surface area contributed by atoms with Crippen LogP contribution in [0.2, 0.25) is 0 Å². The third kappa shape index (κ3) is 2.95. The Kier molecular flexibility index (Phi) is 3.68. The second-order valence-electron chi connectivity index (χ2n) is 3.58. The smallest absolute Gasteiger partial charge is 0.255 e. The first-order valence-corrected chi connectivity index (χ1v) is 4.76. The molecule has 0 aliphatic heterocycles. The minimum Gasteiger partial charge on any atom is -0.507 e. The molecule has 0 aliphatic carbocycles. The molecule has 0 heterocycles. The Balaban J connectivity index is 2.82. The van der Waals surface area contributed by atoms with Crippen LogP contribution in [-0.4, -0.2) is 28.8 Å². The van der Waals surface area contributed by atoms with Gasteiger partial charge in [-0.25, -0.2) is 0 Å². The van der Waals surface area contributed by atoms with Crippen LogP contribution in [0.5, 0.6) is 5.75 Å². The fraction of sp³-hybridized carbons (Fsp3) is 0.364. The molecule has 0 radical (unpaired) electrons. The zero-order valence-electron chi connectivity index (χ0n) is 8.82. The first kappa shape index (κ1) is 11.5. The van der Waals surface area contributed by atoms with E-state index in [1.807, 2.05) is 6.92 Å². The van der Waals surface area contributed by atoms with Crippen molar-refractivity contribution in [3.63, 3.8) is 0 Å². The molecule has 0 aromatic heterocycles. The molecule has 0 unspecified atom stereocenters. The summed E-state index contributed by atoms with van der Waals surface area (Å²) < 4.78 is 0. The van der Waals surface area contributed by atoms with Crippen LogP contribution >= 0.6 is 0 Å². The number of carbonyl (C=O) groups excluding carboxylic acids is 1. The van der Waals surface area contributed by atoms with E-state index in [1.165, 1.54) is 6.07 Å². The molecule has 1 aromatic rings. The van der Waals surface area contributed by atoms with Crippen LogP contribution in [0.3, 0.4) is 0 Å². The van der Waals surface area contributed by atoms with Crippen LogP contribution in [-0.2, 0) is 0 Å². The lowest BCUT2D eigenvalue weighted by atomic mass is 10.1. The monoisotopic (exact) mass is 209 g/mol. The van der Waals surface area contributed by atoms with Crippen LogP contribution in [0.4, 0.5) is 0 Å². The summed E-state index contributed by atoms with van der Waals surface area (Å²) in [6.45, 7) is 3.39. The number of amides is 1. The summed E-state index contributed by atoms with van der Waals surface area (Å²) >= 11 is 0. The molecule has 1 atom stereocenters. The first-order valence-electron chi connectivity index (χ1n) is 4.76. The van der Waals surface area contributed by atoms with Gasteiger partial charge in [-0.1, -0.05) is 6.07 Å². The van der Waals surface area contributed by atoms with Gasteiger partial charge in [-0.05, 0) is 31.5 Å². The molecule has 4 nitrogen and oxygen atoms in total. The third-order valence-electron chi connectivity index (χ3n) is 2.05. The summed E-state index contributed by atoms with van der Waals surface area (Å²) in [5.41, 5.74) is 1.11. The third-order valence-corrected chi connectivity index (χ3v) is 2.05. The van der Waals surface area contributed by atoms with Crippen molar-refractivity contribution in [3.05, 3.63) is 29.3 Å². The molecule has 1 rings (SSSR count). The Hall–Kier alpha value is -1.55. The van der Waals surface area contributed by atoms with Crippen LogP contribution in [0, 0.1) is 6.92 Å². The van der Waals surface area contributed by atoms with Gasteiger partial charge in [-0.2, -0.15) is 0 Å². The number of hydrogen-bond acceptors (Lipinski definition) is 3. The first-order chi connectivity index (χ1) is 7.04. The van der Waals surface area contributed by atoms with E-state index in [0.717, 1.165) is 5.56 Å². The Bertz CT molecular complexity index is 363. The number of aromatic hydroxyl groups is 1. The number of hydrogen-bond donors (Lipinski definition) is 3. The average Bonchev–Trinajstić information content (AvgIpc) is 2.17. The molecule has 1 aromatic carbocycles. The number of aliphatic hydroxyl groups is 1. The lowest BCUT2D eigenvalue weighted by Gasteiger charge is -2.11. The van der Waals surface area contributed by atoms with Gasteiger partial charge in [-0.3, -0.25) is 4.79 Å². The Morgan fingerprint density at radius 1 is 1.53 bits per heavy atom. The van der Waals surface area contributed by atoms with Crippen molar-refractivity contribution < 1.29 is 15.0 Å². The topological polar surface area (TPSA) is 69.6 Å². The molecular weight excluding hydrogens is 194 g/mol. The van der Waals surface area contributed by atoms with Crippen LogP contribution in [0.25, 0.3) is 0 Å². The summed E-state index contributed by atoms with van der Waals surface area (Å²) in [7, 11) is 0. The predicted octanol–water partition coefficient (Wildman–Crippen LogP) is 0.811. The molecule has 0 fully saturated rings. The Morgan fingerprint density at radius 2 is 2.20 bits per heavy atom. The van der Waals surface area contributed by atoms with E-state index in [0.29, 0.717) is 0 Å². The highest BCUT2D eigenvalue weighted by Crippen LogP contribution is 2.18. The highest BCUT2D eigenvalue weighted by atomic mass is 16.3. The molecule has 0 saturated heterocycles. The number of rotatable bonds is 3. The average molecular weight is 209 g/mol. The van der Waals surface area contributed by atoms with E-state index >= 15 is 0 Å². The maximum absolute atomic E-state index is 11.6. The molecule has 82 valence electrons. The van der Waals surface area contributed by atoms with E-state index in [4.69, 9.17) is 5.11 Å². The van der Waals surface area contributed by atoms with Crippen molar-refractivity contribution in [2.24, 2.45) is 0 Å². The van der Waals surface area contributed by atoms with E-state index in [9.17, 15) is 9.90 Å². The largest absolute Gasteiger partial charge is 0.507 e. The van der Waals surface area contributed by atoms with Gasteiger partial charge in [0.2, 0.25) is 0 Å². The lowest BCUT2D eigenvalue weighted by Crippen LogP contribution is -2.34. The lowest BCUT2D eigenvalue weighted by molar-refractivity contribution is 0.0919. The number of benzene rings is 1. The van der Waals surface area contributed by atoms with Gasteiger partial charge in [0, 0.05) is 6.04 Å². The minimum absolute atomic E-state index is 0.0439. The number of phenolic OH excluding ortho intramolecular Hbond substituents is 1. The molecule has 0 spiro atoms. The summed E-state index contributed by atoms with van der Waals surface area (Å²) in [6, 6.07) is 4.51. The van der Waals surface area contributed by atoms with Crippen molar-refractivity contribution >= 4 is 5.91 Å². The number of aliphatic hydroxyl groups excluding tert-OH is 1. The molecule has 4 heteroatoms. The van der Waals surface area contributed by atoms with Crippen molar-refractivity contribution in [1.82, 2.24) is 5.32 Å². The van der Waals surface area contributed by atoms with Crippen molar-refractivity contribution in [3.8, 4) is 5.75 Å². The van der Waals surface area contributed by atoms with Crippen LogP contribution < -0.4 is 5.32 Å². The quantitative estimate of drug-likeness (QED) is 0.690. The van der Waals surface area contributed by atoms with E-state index in [1.54, 1.807) is 19.1 Å². The van der Waals surface area contributed by atoms with Crippen LogP contribution in [0.1, 0.15) is 22.8 Å². The zero-order valence-corrected chi connectivity index (χ0v) is 8.82. The van der Waals surface area contributed by atoms with Crippen molar-refractivity contribution in [2.45, 2.75) is 19.9 Å². The number of nitrogens with one attached hydrogen (secondary N) is 1. The van der Waals surface area contributed by atoms with Gasteiger partial charge in [0.1, 0.15) is 5.75 Å². The maximum Gasteiger partial charge on any atom is 0.255 e. The Morgan fingerprint density at radius 3 is 2.73 bits per heavy atom. The predicted molar refractivity (Wildman–Crippen MR) is 56.9 cm³/mol. The summed E-state index contributed by atoms with van der Waals surface area (Å²) in [5, 5.41) is 20.8. The van der Waals surface area contributed by atoms with Gasteiger partial charge in [0.25, 0.3) is 5.91 Å². The van der Waals surface area contributed by atoms with E-state index in [-0.39, 0.29) is 29.9 Å². The second kappa shape index (κ2) is 4.79. The van der Waals surface area contributed by atoms with Crippen LogP contribution in [0.15, 0.2) is 18.2 Å². The molecule has 0 bridgehead atoms. The fourth-order valence-electron chi connectivity index (χ4n) is 1.18. The SMILES string of the molecule is Cc1ccc(C(=O)N[C@H](C)CO)c(O)c1. The highest BCUT2D eigenvalue weighted by molar-refractivity contribution is 5.97. The van der Waals surface area contributed by atoms with Crippen molar-refractivity contribution in [1.29, 1.82) is 0 Å². The van der Waals surface area contributed by atoms with E-state index < -0.39 is 0 Å². The van der Waals surface area contributed by atoms with Gasteiger partial charge in [0.05, 0.1) is 12.2 Å². The summed E-state index contributed by atoms with van der Waals surface area (Å²) in [4.78, 5) is 11.6. The highest BCUT2D eigenvalue weighted by Gasteiger charge is 2.12. The number of phenols is 1. The number of aryl methyl sites for hydroxylation is 1. The normalized spacial score (nSPS) is 12.2. The molecule has 0 aliphatic rings. The molecule has 3 N–H and O–H groups in total. The molecule has 15 heavy (non-hydrogen) atoms. The fourth-order valence-corrected chi connectivity index (χ4v) is 1.18. The molecule has 1 amide bonds.